The summed E-state index contributed by atoms with van der Waals surface area (Å²) in [6.07, 6.45) is 10.8. The Labute approximate surface area is 158 Å². The van der Waals surface area contributed by atoms with E-state index in [0.717, 1.165) is 19.3 Å². The third-order valence-corrected chi connectivity index (χ3v) is 6.80. The molecule has 5 heteroatoms. The molecule has 0 spiro atoms. The molecule has 1 aromatic rings. The fourth-order valence-electron chi connectivity index (χ4n) is 5.43. The number of carbonyl (C=O) groups excluding carboxylic acids is 3. The molecule has 1 N–H and O–H groups in total. The molecular weight excluding hydrogens is 340 g/mol. The van der Waals surface area contributed by atoms with Gasteiger partial charge >= 0.3 is 0 Å². The zero-order chi connectivity index (χ0) is 18.5. The van der Waals surface area contributed by atoms with Crippen molar-refractivity contribution >= 4 is 23.4 Å². The number of hydrogen-bond donors (Lipinski definition) is 1. The quantitative estimate of drug-likeness (QED) is 0.662. The fraction of sp³-hybridized carbons (Fsp3) is 0.500. The van der Waals surface area contributed by atoms with Gasteiger partial charge in [-0.15, -0.1) is 0 Å². The van der Waals surface area contributed by atoms with E-state index in [1.165, 1.54) is 24.2 Å². The lowest BCUT2D eigenvalue weighted by molar-refractivity contribution is -0.123. The Morgan fingerprint density at radius 1 is 0.889 bits per heavy atom. The molecule has 1 aliphatic heterocycles. The van der Waals surface area contributed by atoms with E-state index < -0.39 is 0 Å². The van der Waals surface area contributed by atoms with Crippen molar-refractivity contribution in [1.29, 1.82) is 0 Å². The van der Waals surface area contributed by atoms with E-state index >= 15 is 0 Å². The van der Waals surface area contributed by atoms with Gasteiger partial charge in [-0.05, 0) is 55.4 Å². The number of hydrogen-bond acceptors (Lipinski definition) is 3. The van der Waals surface area contributed by atoms with Crippen LogP contribution in [0.3, 0.4) is 0 Å². The van der Waals surface area contributed by atoms with Crippen LogP contribution in [-0.2, 0) is 9.59 Å². The molecule has 3 amide bonds. The summed E-state index contributed by atoms with van der Waals surface area (Å²) in [6, 6.07) is 7.14. The molecule has 140 valence electrons. The summed E-state index contributed by atoms with van der Waals surface area (Å²) in [5.74, 6) is -0.207. The van der Waals surface area contributed by atoms with Crippen LogP contribution < -0.4 is 10.2 Å². The average Bonchev–Trinajstić information content (AvgIpc) is 3.37. The topological polar surface area (TPSA) is 66.5 Å². The van der Waals surface area contributed by atoms with Crippen molar-refractivity contribution in [3.8, 4) is 0 Å². The highest BCUT2D eigenvalue weighted by Crippen LogP contribution is 2.53. The van der Waals surface area contributed by atoms with E-state index in [0.29, 0.717) is 11.3 Å². The normalized spacial score (nSPS) is 32.2. The molecule has 4 aliphatic rings. The fourth-order valence-corrected chi connectivity index (χ4v) is 5.43. The van der Waals surface area contributed by atoms with E-state index in [1.54, 1.807) is 24.3 Å². The first-order valence-corrected chi connectivity index (χ1v) is 10.1. The number of rotatable bonds is 3. The first-order chi connectivity index (χ1) is 13.1. The Hall–Kier alpha value is -2.43. The van der Waals surface area contributed by atoms with E-state index in [9.17, 15) is 14.4 Å². The lowest BCUT2D eigenvalue weighted by Gasteiger charge is -2.23. The number of nitrogens with one attached hydrogen (secondary N) is 1. The summed E-state index contributed by atoms with van der Waals surface area (Å²) in [5.41, 5.74) is 1.15. The molecule has 2 bridgehead atoms. The lowest BCUT2D eigenvalue weighted by Crippen LogP contribution is -2.36. The molecule has 5 rings (SSSR count). The number of allylic oxidation sites excluding steroid dienone is 2. The second-order valence-corrected chi connectivity index (χ2v) is 8.37. The van der Waals surface area contributed by atoms with Gasteiger partial charge in [0.05, 0.1) is 17.5 Å². The lowest BCUT2D eigenvalue weighted by atomic mass is 9.85. The molecule has 4 atom stereocenters. The van der Waals surface area contributed by atoms with Gasteiger partial charge in [0, 0.05) is 11.6 Å². The average molecular weight is 364 g/mol. The summed E-state index contributed by atoms with van der Waals surface area (Å²) in [6.45, 7) is 0. The summed E-state index contributed by atoms with van der Waals surface area (Å²) in [7, 11) is 0. The Morgan fingerprint density at radius 3 is 2.07 bits per heavy atom. The van der Waals surface area contributed by atoms with Gasteiger partial charge in [0.15, 0.2) is 0 Å². The van der Waals surface area contributed by atoms with Crippen molar-refractivity contribution < 1.29 is 14.4 Å². The van der Waals surface area contributed by atoms with E-state index in [4.69, 9.17) is 0 Å². The first-order valence-electron chi connectivity index (χ1n) is 10.1. The Balaban J connectivity index is 1.31. The number of carbonyl (C=O) groups is 3. The predicted molar refractivity (Wildman–Crippen MR) is 101 cm³/mol. The largest absolute Gasteiger partial charge is 0.349 e. The number of amides is 3. The number of nitrogens with zero attached hydrogens (tertiary/aromatic N) is 1. The summed E-state index contributed by atoms with van der Waals surface area (Å²) < 4.78 is 0. The zero-order valence-corrected chi connectivity index (χ0v) is 15.3. The van der Waals surface area contributed by atoms with Crippen molar-refractivity contribution in [2.45, 2.75) is 44.6 Å². The van der Waals surface area contributed by atoms with Gasteiger partial charge in [0.25, 0.3) is 5.91 Å². The number of anilines is 1. The molecule has 27 heavy (non-hydrogen) atoms. The molecule has 1 heterocycles. The first kappa shape index (κ1) is 16.7. The maximum absolute atomic E-state index is 12.9. The van der Waals surface area contributed by atoms with Gasteiger partial charge in [-0.3, -0.25) is 19.3 Å². The van der Waals surface area contributed by atoms with Gasteiger partial charge < -0.3 is 5.32 Å². The third-order valence-electron chi connectivity index (χ3n) is 6.80. The van der Waals surface area contributed by atoms with Gasteiger partial charge in [-0.2, -0.15) is 0 Å². The number of benzene rings is 1. The highest BCUT2D eigenvalue weighted by Gasteiger charge is 2.59. The Kier molecular flexibility index (Phi) is 3.92. The van der Waals surface area contributed by atoms with Crippen LogP contribution in [0.5, 0.6) is 0 Å². The second-order valence-electron chi connectivity index (χ2n) is 8.37. The predicted octanol–water partition coefficient (Wildman–Crippen LogP) is 3.06. The molecule has 5 nitrogen and oxygen atoms in total. The van der Waals surface area contributed by atoms with Crippen LogP contribution in [0.2, 0.25) is 0 Å². The Bertz CT molecular complexity index is 792. The maximum atomic E-state index is 12.9. The summed E-state index contributed by atoms with van der Waals surface area (Å²) in [4.78, 5) is 39.5. The van der Waals surface area contributed by atoms with Crippen LogP contribution in [0.25, 0.3) is 0 Å². The van der Waals surface area contributed by atoms with Crippen molar-refractivity contribution in [3.63, 3.8) is 0 Å². The minimum absolute atomic E-state index is 0.0772. The van der Waals surface area contributed by atoms with Crippen LogP contribution >= 0.6 is 0 Å². The summed E-state index contributed by atoms with van der Waals surface area (Å²) in [5, 5.41) is 3.10. The molecule has 0 unspecified atom stereocenters. The number of imide groups is 1. The maximum Gasteiger partial charge on any atom is 0.251 e. The van der Waals surface area contributed by atoms with Crippen molar-refractivity contribution in [2.75, 3.05) is 4.90 Å². The van der Waals surface area contributed by atoms with Gasteiger partial charge in [0.2, 0.25) is 11.8 Å². The van der Waals surface area contributed by atoms with E-state index in [1.807, 2.05) is 0 Å². The molecular formula is C22H24N2O3. The molecule has 0 radical (unpaired) electrons. The molecule has 0 aromatic heterocycles. The SMILES string of the molecule is O=C(NC1CCCCC1)c1ccc(N2C(=O)[C@@H]3[C@H](C2=O)[C@H]2C=C[C@H]3C2)cc1. The monoisotopic (exact) mass is 364 g/mol. The van der Waals surface area contributed by atoms with Crippen LogP contribution in [0.4, 0.5) is 5.69 Å². The third kappa shape index (κ3) is 2.63. The highest BCUT2D eigenvalue weighted by atomic mass is 16.2. The van der Waals surface area contributed by atoms with Crippen molar-refractivity contribution in [1.82, 2.24) is 5.32 Å². The summed E-state index contributed by atoms with van der Waals surface area (Å²) >= 11 is 0. The number of fused-ring (bicyclic) bond motifs is 5. The molecule has 2 saturated carbocycles. The standard InChI is InChI=1S/C22H24N2O3/c25-20(23-16-4-2-1-3-5-16)13-8-10-17(11-9-13)24-21(26)18-14-6-7-15(12-14)19(18)22(24)27/h6-11,14-16,18-19H,1-5,12H2,(H,23,25)/t14-,15-,18-,19+/m0/s1. The van der Waals surface area contributed by atoms with Crippen LogP contribution in [0.15, 0.2) is 36.4 Å². The molecule has 1 aromatic carbocycles. The minimum Gasteiger partial charge on any atom is -0.349 e. The smallest absolute Gasteiger partial charge is 0.251 e. The van der Waals surface area contributed by atoms with E-state index in [2.05, 4.69) is 17.5 Å². The van der Waals surface area contributed by atoms with Gasteiger partial charge in [-0.25, -0.2) is 0 Å². The van der Waals surface area contributed by atoms with Crippen LogP contribution in [0.1, 0.15) is 48.9 Å². The Morgan fingerprint density at radius 2 is 1.48 bits per heavy atom. The zero-order valence-electron chi connectivity index (χ0n) is 15.3. The van der Waals surface area contributed by atoms with Gasteiger partial charge in [-0.1, -0.05) is 31.4 Å². The van der Waals surface area contributed by atoms with Crippen LogP contribution in [0, 0.1) is 23.7 Å². The van der Waals surface area contributed by atoms with E-state index in [-0.39, 0.29) is 47.4 Å². The minimum atomic E-state index is -0.193. The highest BCUT2D eigenvalue weighted by molar-refractivity contribution is 6.22. The van der Waals surface area contributed by atoms with Gasteiger partial charge in [0.1, 0.15) is 0 Å². The molecule has 1 saturated heterocycles. The molecule has 3 fully saturated rings. The molecule has 3 aliphatic carbocycles. The van der Waals surface area contributed by atoms with Crippen molar-refractivity contribution in [3.05, 3.63) is 42.0 Å². The second kappa shape index (κ2) is 6.32. The van der Waals surface area contributed by atoms with Crippen molar-refractivity contribution in [2.24, 2.45) is 23.7 Å². The van der Waals surface area contributed by atoms with Crippen LogP contribution in [-0.4, -0.2) is 23.8 Å².